The Balaban J connectivity index is 2.57. The Morgan fingerprint density at radius 2 is 2.09 bits per heavy atom. The van der Waals surface area contributed by atoms with E-state index in [4.69, 9.17) is 0 Å². The number of hydrogen-bond donors (Lipinski definition) is 1. The third-order valence-corrected chi connectivity index (χ3v) is 2.81. The van der Waals surface area contributed by atoms with Crippen molar-refractivity contribution in [2.24, 2.45) is 0 Å². The maximum absolute atomic E-state index is 12.7. The second-order valence-electron chi connectivity index (χ2n) is 4.41. The summed E-state index contributed by atoms with van der Waals surface area (Å²) in [5.41, 5.74) is -2.80. The minimum atomic E-state index is -4.57. The maximum Gasteiger partial charge on any atom is 0.416 e. The Kier molecular flexibility index (Phi) is 4.39. The number of carbonyl (C=O) groups is 1. The van der Waals surface area contributed by atoms with Crippen LogP contribution in [0.5, 0.6) is 5.75 Å². The van der Waals surface area contributed by atoms with Gasteiger partial charge in [-0.3, -0.25) is 4.79 Å². The van der Waals surface area contributed by atoms with Crippen LogP contribution < -0.4 is 5.43 Å². The van der Waals surface area contributed by atoms with E-state index in [1.54, 1.807) is 0 Å². The number of carbonyl (C=O) groups excluding carboxylic acids is 1. The van der Waals surface area contributed by atoms with Crippen LogP contribution in [0.15, 0.2) is 35.3 Å². The van der Waals surface area contributed by atoms with Crippen LogP contribution in [0.1, 0.15) is 23.0 Å². The van der Waals surface area contributed by atoms with Crippen LogP contribution in [0.2, 0.25) is 0 Å². The number of halogens is 3. The number of alkyl halides is 3. The Labute approximate surface area is 127 Å². The summed E-state index contributed by atoms with van der Waals surface area (Å²) in [4.78, 5) is 23.3. The van der Waals surface area contributed by atoms with Crippen molar-refractivity contribution in [3.8, 4) is 11.4 Å². The molecule has 1 heterocycles. The van der Waals surface area contributed by atoms with Gasteiger partial charge in [-0.05, 0) is 25.1 Å². The topological polar surface area (TPSA) is 81.4 Å². The number of hydrogen-bond acceptors (Lipinski definition) is 5. The van der Waals surface area contributed by atoms with Crippen molar-refractivity contribution in [1.29, 1.82) is 0 Å². The van der Waals surface area contributed by atoms with Gasteiger partial charge in [0, 0.05) is 0 Å². The van der Waals surface area contributed by atoms with E-state index in [1.807, 2.05) is 0 Å². The Morgan fingerprint density at radius 1 is 1.39 bits per heavy atom. The lowest BCUT2D eigenvalue weighted by Gasteiger charge is -2.11. The molecule has 0 aliphatic heterocycles. The lowest BCUT2D eigenvalue weighted by molar-refractivity contribution is -0.137. The van der Waals surface area contributed by atoms with E-state index in [0.717, 1.165) is 29.1 Å². The zero-order valence-electron chi connectivity index (χ0n) is 11.8. The van der Waals surface area contributed by atoms with E-state index in [0.29, 0.717) is 0 Å². The third kappa shape index (κ3) is 3.50. The van der Waals surface area contributed by atoms with Crippen molar-refractivity contribution in [3.05, 3.63) is 51.9 Å². The average Bonchev–Trinajstić information content (AvgIpc) is 2.49. The first-order valence-corrected chi connectivity index (χ1v) is 6.41. The van der Waals surface area contributed by atoms with Gasteiger partial charge in [0.2, 0.25) is 5.69 Å². The number of aromatic hydroxyl groups is 1. The van der Waals surface area contributed by atoms with Gasteiger partial charge in [-0.15, -0.1) is 0 Å². The summed E-state index contributed by atoms with van der Waals surface area (Å²) in [5.74, 6) is -1.91. The number of ether oxygens (including phenoxy) is 1. The van der Waals surface area contributed by atoms with E-state index in [2.05, 4.69) is 9.84 Å². The van der Waals surface area contributed by atoms with Crippen LogP contribution in [0, 0.1) is 0 Å². The Hall–Kier alpha value is -2.84. The van der Waals surface area contributed by atoms with E-state index >= 15 is 0 Å². The molecule has 2 aromatic rings. The van der Waals surface area contributed by atoms with Crippen molar-refractivity contribution in [3.63, 3.8) is 0 Å². The lowest BCUT2D eigenvalue weighted by Crippen LogP contribution is -2.23. The molecule has 0 aliphatic carbocycles. The van der Waals surface area contributed by atoms with Gasteiger partial charge in [0.1, 0.15) is 0 Å². The molecule has 2 rings (SSSR count). The van der Waals surface area contributed by atoms with Crippen molar-refractivity contribution < 1.29 is 27.8 Å². The third-order valence-electron chi connectivity index (χ3n) is 2.81. The standard InChI is InChI=1S/C14H11F3N2O4/c1-2-23-13(22)11-12(21)10(20)7-19(18-11)9-5-3-4-8(6-9)14(15,16)17/h3-7,20H,2H2,1H3. The molecule has 1 N–H and O–H groups in total. The molecule has 1 aromatic heterocycles. The predicted molar refractivity (Wildman–Crippen MR) is 72.5 cm³/mol. The minimum absolute atomic E-state index is 0.0286. The molecule has 0 saturated carbocycles. The SMILES string of the molecule is CCOC(=O)c1nn(-c2cccc(C(F)(F)F)c2)cc(O)c1=O. The van der Waals surface area contributed by atoms with E-state index in [1.165, 1.54) is 13.0 Å². The molecular weight excluding hydrogens is 317 g/mol. The molecule has 0 radical (unpaired) electrons. The van der Waals surface area contributed by atoms with Gasteiger partial charge < -0.3 is 9.84 Å². The first-order chi connectivity index (χ1) is 10.7. The highest BCUT2D eigenvalue weighted by Gasteiger charge is 2.30. The molecule has 0 bridgehead atoms. The van der Waals surface area contributed by atoms with Crippen LogP contribution in [0.3, 0.4) is 0 Å². The summed E-state index contributed by atoms with van der Waals surface area (Å²) in [5, 5.41) is 13.2. The predicted octanol–water partition coefficient (Wildman–Crippen LogP) is 2.13. The van der Waals surface area contributed by atoms with Gasteiger partial charge in [0.25, 0.3) is 5.43 Å². The van der Waals surface area contributed by atoms with E-state index < -0.39 is 34.6 Å². The molecule has 1 aromatic carbocycles. The second-order valence-corrected chi connectivity index (χ2v) is 4.41. The number of benzene rings is 1. The first kappa shape index (κ1) is 16.5. The molecule has 0 amide bonds. The second kappa shape index (κ2) is 6.11. The van der Waals surface area contributed by atoms with Gasteiger partial charge >= 0.3 is 12.1 Å². The van der Waals surface area contributed by atoms with Crippen molar-refractivity contribution in [2.45, 2.75) is 13.1 Å². The summed E-state index contributed by atoms with van der Waals surface area (Å²) in [7, 11) is 0. The zero-order valence-corrected chi connectivity index (χ0v) is 11.8. The molecule has 0 saturated heterocycles. The number of nitrogens with zero attached hydrogens (tertiary/aromatic N) is 2. The summed E-state index contributed by atoms with van der Waals surface area (Å²) in [6.45, 7) is 1.48. The van der Waals surface area contributed by atoms with Crippen LogP contribution >= 0.6 is 0 Å². The average molecular weight is 328 g/mol. The fourth-order valence-electron chi connectivity index (χ4n) is 1.77. The quantitative estimate of drug-likeness (QED) is 0.873. The van der Waals surface area contributed by atoms with Crippen LogP contribution in [0.4, 0.5) is 13.2 Å². The summed E-state index contributed by atoms with van der Waals surface area (Å²) >= 11 is 0. The smallest absolute Gasteiger partial charge is 0.416 e. The molecule has 23 heavy (non-hydrogen) atoms. The fourth-order valence-corrected chi connectivity index (χ4v) is 1.77. The molecule has 0 spiro atoms. The van der Waals surface area contributed by atoms with Gasteiger partial charge in [0.05, 0.1) is 24.1 Å². The van der Waals surface area contributed by atoms with Crippen molar-refractivity contribution in [1.82, 2.24) is 9.78 Å². The first-order valence-electron chi connectivity index (χ1n) is 6.41. The van der Waals surface area contributed by atoms with Gasteiger partial charge in [-0.25, -0.2) is 9.48 Å². The summed E-state index contributed by atoms with van der Waals surface area (Å²) in [6, 6.07) is 4.05. The van der Waals surface area contributed by atoms with Crippen LogP contribution in [-0.4, -0.2) is 27.5 Å². The highest BCUT2D eigenvalue weighted by atomic mass is 19.4. The van der Waals surface area contributed by atoms with E-state index in [-0.39, 0.29) is 12.3 Å². The monoisotopic (exact) mass is 328 g/mol. The normalized spacial score (nSPS) is 11.3. The molecule has 0 atom stereocenters. The van der Waals surface area contributed by atoms with Crippen LogP contribution in [0.25, 0.3) is 5.69 Å². The van der Waals surface area contributed by atoms with Gasteiger partial charge in [-0.1, -0.05) is 6.07 Å². The summed E-state index contributed by atoms with van der Waals surface area (Å²) < 4.78 is 43.6. The largest absolute Gasteiger partial charge is 0.503 e. The highest BCUT2D eigenvalue weighted by Crippen LogP contribution is 2.30. The molecule has 0 fully saturated rings. The number of aromatic nitrogens is 2. The Morgan fingerprint density at radius 3 is 2.70 bits per heavy atom. The van der Waals surface area contributed by atoms with Crippen LogP contribution in [-0.2, 0) is 10.9 Å². The number of rotatable bonds is 3. The molecule has 6 nitrogen and oxygen atoms in total. The highest BCUT2D eigenvalue weighted by molar-refractivity contribution is 5.87. The lowest BCUT2D eigenvalue weighted by atomic mass is 10.2. The molecule has 122 valence electrons. The molecule has 9 heteroatoms. The number of esters is 1. The summed E-state index contributed by atoms with van der Waals surface area (Å²) in [6.07, 6.45) is -3.75. The van der Waals surface area contributed by atoms with Gasteiger partial charge in [-0.2, -0.15) is 18.3 Å². The van der Waals surface area contributed by atoms with Crippen molar-refractivity contribution in [2.75, 3.05) is 6.61 Å². The zero-order chi connectivity index (χ0) is 17.2. The maximum atomic E-state index is 12.7. The van der Waals surface area contributed by atoms with E-state index in [9.17, 15) is 27.9 Å². The fraction of sp³-hybridized carbons (Fsp3) is 0.214. The van der Waals surface area contributed by atoms with Gasteiger partial charge in [0.15, 0.2) is 5.75 Å². The minimum Gasteiger partial charge on any atom is -0.503 e. The van der Waals surface area contributed by atoms with Crippen molar-refractivity contribution >= 4 is 5.97 Å². The Bertz CT molecular complexity index is 799. The molecular formula is C14H11F3N2O4. The molecule has 0 unspecified atom stereocenters. The molecule has 0 aliphatic rings.